The summed E-state index contributed by atoms with van der Waals surface area (Å²) in [4.78, 5) is 11.4. The molecule has 0 fully saturated rings. The molecule has 7 heteroatoms. The van der Waals surface area contributed by atoms with Gasteiger partial charge in [-0.15, -0.1) is 0 Å². The van der Waals surface area contributed by atoms with Gasteiger partial charge in [-0.05, 0) is 37.6 Å². The molecular weight excluding hydrogens is 269 g/mol. The number of halogens is 3. The molecule has 0 amide bonds. The van der Waals surface area contributed by atoms with Crippen molar-refractivity contribution < 1.29 is 13.2 Å². The van der Waals surface area contributed by atoms with Crippen molar-refractivity contribution >= 4 is 5.95 Å². The van der Waals surface area contributed by atoms with Gasteiger partial charge in [-0.25, -0.2) is 9.97 Å². The summed E-state index contributed by atoms with van der Waals surface area (Å²) in [6.45, 7) is 3.31. The SMILES string of the molecule is Cc1cc(C(F)(F)F)nc(N[C@H](C)c2ccncc2)n1. The fraction of sp³-hybridized carbons (Fsp3) is 0.308. The van der Waals surface area contributed by atoms with Gasteiger partial charge in [-0.3, -0.25) is 4.98 Å². The number of nitrogens with one attached hydrogen (secondary N) is 1. The van der Waals surface area contributed by atoms with Crippen LogP contribution in [-0.4, -0.2) is 15.0 Å². The molecule has 0 bridgehead atoms. The minimum atomic E-state index is -4.48. The van der Waals surface area contributed by atoms with Gasteiger partial charge in [0.1, 0.15) is 5.69 Å². The first-order valence-corrected chi connectivity index (χ1v) is 5.95. The van der Waals surface area contributed by atoms with Crippen molar-refractivity contribution in [2.75, 3.05) is 5.32 Å². The number of hydrogen-bond donors (Lipinski definition) is 1. The molecule has 2 aromatic rings. The van der Waals surface area contributed by atoms with Crippen LogP contribution in [0.15, 0.2) is 30.6 Å². The number of aryl methyl sites for hydroxylation is 1. The molecule has 0 aliphatic rings. The number of aromatic nitrogens is 3. The highest BCUT2D eigenvalue weighted by molar-refractivity contribution is 5.33. The van der Waals surface area contributed by atoms with E-state index in [0.29, 0.717) is 0 Å². The zero-order valence-corrected chi connectivity index (χ0v) is 10.9. The van der Waals surface area contributed by atoms with Gasteiger partial charge < -0.3 is 5.32 Å². The van der Waals surface area contributed by atoms with E-state index in [9.17, 15) is 13.2 Å². The molecule has 0 aromatic carbocycles. The number of alkyl halides is 3. The molecule has 0 saturated heterocycles. The Morgan fingerprint density at radius 2 is 1.80 bits per heavy atom. The first-order chi connectivity index (χ1) is 9.36. The lowest BCUT2D eigenvalue weighted by atomic mass is 10.1. The molecule has 2 rings (SSSR count). The van der Waals surface area contributed by atoms with Crippen LogP contribution >= 0.6 is 0 Å². The van der Waals surface area contributed by atoms with Crippen LogP contribution in [0.4, 0.5) is 19.1 Å². The monoisotopic (exact) mass is 282 g/mol. The van der Waals surface area contributed by atoms with Crippen molar-refractivity contribution in [2.45, 2.75) is 26.1 Å². The van der Waals surface area contributed by atoms with Crippen molar-refractivity contribution in [1.82, 2.24) is 15.0 Å². The van der Waals surface area contributed by atoms with E-state index in [1.54, 1.807) is 24.5 Å². The van der Waals surface area contributed by atoms with E-state index in [4.69, 9.17) is 0 Å². The van der Waals surface area contributed by atoms with E-state index in [-0.39, 0.29) is 17.7 Å². The van der Waals surface area contributed by atoms with Gasteiger partial charge in [-0.1, -0.05) is 0 Å². The predicted octanol–water partition coefficient (Wildman–Crippen LogP) is 3.37. The van der Waals surface area contributed by atoms with Crippen molar-refractivity contribution in [2.24, 2.45) is 0 Å². The number of pyridine rings is 1. The van der Waals surface area contributed by atoms with Gasteiger partial charge in [0, 0.05) is 18.1 Å². The summed E-state index contributed by atoms with van der Waals surface area (Å²) in [6, 6.07) is 4.25. The molecule has 0 aliphatic carbocycles. The Balaban J connectivity index is 2.24. The Kier molecular flexibility index (Phi) is 3.87. The summed E-state index contributed by atoms with van der Waals surface area (Å²) < 4.78 is 38.0. The second kappa shape index (κ2) is 5.44. The van der Waals surface area contributed by atoms with Gasteiger partial charge in [0.15, 0.2) is 0 Å². The van der Waals surface area contributed by atoms with Crippen LogP contribution in [0.1, 0.15) is 29.9 Å². The Bertz CT molecular complexity index is 584. The second-order valence-electron chi connectivity index (χ2n) is 4.36. The van der Waals surface area contributed by atoms with Crippen LogP contribution < -0.4 is 5.32 Å². The lowest BCUT2D eigenvalue weighted by molar-refractivity contribution is -0.141. The molecule has 0 unspecified atom stereocenters. The number of hydrogen-bond acceptors (Lipinski definition) is 4. The number of rotatable bonds is 3. The van der Waals surface area contributed by atoms with Crippen LogP contribution in [0.3, 0.4) is 0 Å². The molecule has 1 N–H and O–H groups in total. The molecule has 0 spiro atoms. The Labute approximate surface area is 114 Å². The minimum Gasteiger partial charge on any atom is -0.348 e. The van der Waals surface area contributed by atoms with Crippen LogP contribution in [0.2, 0.25) is 0 Å². The maximum Gasteiger partial charge on any atom is 0.433 e. The van der Waals surface area contributed by atoms with E-state index >= 15 is 0 Å². The molecule has 0 radical (unpaired) electrons. The van der Waals surface area contributed by atoms with Crippen molar-refractivity contribution in [3.05, 3.63) is 47.5 Å². The molecular formula is C13H13F3N4. The third-order valence-electron chi connectivity index (χ3n) is 2.70. The largest absolute Gasteiger partial charge is 0.433 e. The summed E-state index contributed by atoms with van der Waals surface area (Å²) in [5.74, 6) is -0.0402. The highest BCUT2D eigenvalue weighted by atomic mass is 19.4. The molecule has 2 aromatic heterocycles. The molecule has 4 nitrogen and oxygen atoms in total. The third kappa shape index (κ3) is 3.43. The predicted molar refractivity (Wildman–Crippen MR) is 68.0 cm³/mol. The first kappa shape index (κ1) is 14.2. The fourth-order valence-electron chi connectivity index (χ4n) is 1.71. The molecule has 2 heterocycles. The zero-order chi connectivity index (χ0) is 14.8. The average Bonchev–Trinajstić information content (AvgIpc) is 2.38. The quantitative estimate of drug-likeness (QED) is 0.937. The van der Waals surface area contributed by atoms with Crippen molar-refractivity contribution in [3.63, 3.8) is 0 Å². The van der Waals surface area contributed by atoms with Gasteiger partial charge in [-0.2, -0.15) is 13.2 Å². The fourth-order valence-corrected chi connectivity index (χ4v) is 1.71. The van der Waals surface area contributed by atoms with Crippen LogP contribution in [0.5, 0.6) is 0 Å². The molecule has 20 heavy (non-hydrogen) atoms. The smallest absolute Gasteiger partial charge is 0.348 e. The zero-order valence-electron chi connectivity index (χ0n) is 10.9. The maximum absolute atomic E-state index is 12.7. The number of nitrogens with zero attached hydrogens (tertiary/aromatic N) is 3. The van der Waals surface area contributed by atoms with Crippen molar-refractivity contribution in [3.8, 4) is 0 Å². The lowest BCUT2D eigenvalue weighted by Gasteiger charge is -2.15. The van der Waals surface area contributed by atoms with E-state index in [0.717, 1.165) is 11.6 Å². The molecule has 0 saturated carbocycles. The first-order valence-electron chi connectivity index (χ1n) is 5.95. The lowest BCUT2D eigenvalue weighted by Crippen LogP contribution is -2.14. The summed E-state index contributed by atoms with van der Waals surface area (Å²) >= 11 is 0. The normalized spacial score (nSPS) is 13.1. The van der Waals surface area contributed by atoms with E-state index in [1.807, 2.05) is 6.92 Å². The van der Waals surface area contributed by atoms with Gasteiger partial charge in [0.2, 0.25) is 5.95 Å². The Morgan fingerprint density at radius 3 is 2.40 bits per heavy atom. The summed E-state index contributed by atoms with van der Waals surface area (Å²) in [5, 5.41) is 2.86. The summed E-state index contributed by atoms with van der Waals surface area (Å²) in [6.07, 6.45) is -1.25. The maximum atomic E-state index is 12.7. The van der Waals surface area contributed by atoms with E-state index in [1.165, 1.54) is 6.92 Å². The topological polar surface area (TPSA) is 50.7 Å². The van der Waals surface area contributed by atoms with Crippen LogP contribution in [0.25, 0.3) is 0 Å². The van der Waals surface area contributed by atoms with Gasteiger partial charge >= 0.3 is 6.18 Å². The van der Waals surface area contributed by atoms with Gasteiger partial charge in [0.05, 0.1) is 6.04 Å². The molecule has 1 atom stereocenters. The minimum absolute atomic E-state index is 0.0402. The second-order valence-corrected chi connectivity index (χ2v) is 4.36. The third-order valence-corrected chi connectivity index (χ3v) is 2.70. The molecule has 0 aliphatic heterocycles. The van der Waals surface area contributed by atoms with Crippen LogP contribution in [-0.2, 0) is 6.18 Å². The Hall–Kier alpha value is -2.18. The van der Waals surface area contributed by atoms with Crippen molar-refractivity contribution in [1.29, 1.82) is 0 Å². The Morgan fingerprint density at radius 1 is 1.15 bits per heavy atom. The standard InChI is InChI=1S/C13H13F3N4/c1-8-7-11(13(14,15)16)20-12(18-8)19-9(2)10-3-5-17-6-4-10/h3-7,9H,1-2H3,(H,18,19,20)/t9-/m1/s1. The summed E-state index contributed by atoms with van der Waals surface area (Å²) in [7, 11) is 0. The van der Waals surface area contributed by atoms with E-state index < -0.39 is 11.9 Å². The number of anilines is 1. The molecule has 106 valence electrons. The van der Waals surface area contributed by atoms with E-state index in [2.05, 4.69) is 20.3 Å². The highest BCUT2D eigenvalue weighted by Gasteiger charge is 2.33. The van der Waals surface area contributed by atoms with Crippen LogP contribution in [0, 0.1) is 6.92 Å². The summed E-state index contributed by atoms with van der Waals surface area (Å²) in [5.41, 5.74) is 0.199. The van der Waals surface area contributed by atoms with Gasteiger partial charge in [0.25, 0.3) is 0 Å². The highest BCUT2D eigenvalue weighted by Crippen LogP contribution is 2.29. The average molecular weight is 282 g/mol.